The Labute approximate surface area is 195 Å². The van der Waals surface area contributed by atoms with Crippen LogP contribution >= 0.6 is 0 Å². The number of anilines is 1. The van der Waals surface area contributed by atoms with Crippen molar-refractivity contribution in [2.75, 3.05) is 18.4 Å². The zero-order chi connectivity index (χ0) is 23.5. The van der Waals surface area contributed by atoms with Crippen LogP contribution in [0.5, 0.6) is 0 Å². The summed E-state index contributed by atoms with van der Waals surface area (Å²) in [5, 5.41) is 16.4. The lowest BCUT2D eigenvalue weighted by atomic mass is 9.99. The van der Waals surface area contributed by atoms with E-state index >= 15 is 0 Å². The molecule has 7 nitrogen and oxygen atoms in total. The van der Waals surface area contributed by atoms with Crippen molar-refractivity contribution in [3.05, 3.63) is 71.4 Å². The van der Waals surface area contributed by atoms with Gasteiger partial charge in [0.05, 0.1) is 12.8 Å². The normalized spacial score (nSPS) is 16.1. The van der Waals surface area contributed by atoms with E-state index in [1.54, 1.807) is 6.20 Å². The molecule has 2 aromatic heterocycles. The Hall–Kier alpha value is -3.43. The Balaban J connectivity index is 1.51. The molecule has 0 saturated carbocycles. The van der Waals surface area contributed by atoms with Crippen molar-refractivity contribution in [1.29, 1.82) is 0 Å². The molecule has 1 aliphatic rings. The van der Waals surface area contributed by atoms with Gasteiger partial charge >= 0.3 is 0 Å². The second-order valence-corrected chi connectivity index (χ2v) is 8.58. The van der Waals surface area contributed by atoms with Gasteiger partial charge in [0.15, 0.2) is 17.3 Å². The SMILES string of the molecule is OCc1ccccc1-c1nc2cnc(NCc3ccc(F)c(F)c3)nc2n1C[C@@H]1CCCNC1. The highest BCUT2D eigenvalue weighted by Gasteiger charge is 2.21. The van der Waals surface area contributed by atoms with Crippen LogP contribution in [0, 0.1) is 17.6 Å². The van der Waals surface area contributed by atoms with Crippen molar-refractivity contribution in [1.82, 2.24) is 24.8 Å². The maximum absolute atomic E-state index is 13.5. The molecule has 0 aliphatic carbocycles. The number of aliphatic hydroxyl groups excluding tert-OH is 1. The maximum Gasteiger partial charge on any atom is 0.225 e. The quantitative estimate of drug-likeness (QED) is 0.385. The number of fused-ring (bicyclic) bond motifs is 1. The van der Waals surface area contributed by atoms with Crippen molar-refractivity contribution in [2.45, 2.75) is 32.5 Å². The first-order valence-corrected chi connectivity index (χ1v) is 11.4. The lowest BCUT2D eigenvalue weighted by molar-refractivity contribution is 0.282. The predicted molar refractivity (Wildman–Crippen MR) is 126 cm³/mol. The first-order valence-electron chi connectivity index (χ1n) is 11.4. The number of hydrogen-bond donors (Lipinski definition) is 3. The van der Waals surface area contributed by atoms with Gasteiger partial charge in [-0.25, -0.2) is 18.7 Å². The van der Waals surface area contributed by atoms with Crippen LogP contribution in [0.15, 0.2) is 48.7 Å². The molecule has 4 aromatic rings. The lowest BCUT2D eigenvalue weighted by Crippen LogP contribution is -2.32. The first kappa shape index (κ1) is 22.4. The smallest absolute Gasteiger partial charge is 0.225 e. The average Bonchev–Trinajstić information content (AvgIpc) is 3.22. The summed E-state index contributed by atoms with van der Waals surface area (Å²) < 4.78 is 28.9. The summed E-state index contributed by atoms with van der Waals surface area (Å²) in [7, 11) is 0. The number of halogens is 2. The van der Waals surface area contributed by atoms with Crippen LogP contribution in [0.2, 0.25) is 0 Å². The highest BCUT2D eigenvalue weighted by Crippen LogP contribution is 2.29. The molecule has 9 heteroatoms. The van der Waals surface area contributed by atoms with Crippen molar-refractivity contribution in [3.63, 3.8) is 0 Å². The molecule has 1 saturated heterocycles. The molecule has 3 N–H and O–H groups in total. The summed E-state index contributed by atoms with van der Waals surface area (Å²) in [6.45, 7) is 2.85. The van der Waals surface area contributed by atoms with E-state index in [0.717, 1.165) is 61.6 Å². The molecule has 1 aliphatic heterocycles. The molecule has 34 heavy (non-hydrogen) atoms. The van der Waals surface area contributed by atoms with E-state index in [1.165, 1.54) is 6.07 Å². The molecular formula is C25H26F2N6O. The summed E-state index contributed by atoms with van der Waals surface area (Å²) >= 11 is 0. The van der Waals surface area contributed by atoms with Crippen LogP contribution in [0.25, 0.3) is 22.6 Å². The Bertz CT molecular complexity index is 1300. The summed E-state index contributed by atoms with van der Waals surface area (Å²) in [4.78, 5) is 13.9. The molecule has 0 radical (unpaired) electrons. The summed E-state index contributed by atoms with van der Waals surface area (Å²) in [5.41, 5.74) is 3.59. The number of nitrogens with one attached hydrogen (secondary N) is 2. The van der Waals surface area contributed by atoms with Gasteiger partial charge in [-0.05, 0) is 55.1 Å². The van der Waals surface area contributed by atoms with Crippen molar-refractivity contribution >= 4 is 17.1 Å². The molecule has 0 bridgehead atoms. The monoisotopic (exact) mass is 464 g/mol. The third kappa shape index (κ3) is 4.62. The fourth-order valence-electron chi connectivity index (χ4n) is 4.43. The van der Waals surface area contributed by atoms with Gasteiger partial charge in [-0.1, -0.05) is 30.3 Å². The van der Waals surface area contributed by atoms with E-state index in [9.17, 15) is 13.9 Å². The van der Waals surface area contributed by atoms with Crippen LogP contribution < -0.4 is 10.6 Å². The number of rotatable bonds is 7. The topological polar surface area (TPSA) is 87.9 Å². The third-order valence-electron chi connectivity index (χ3n) is 6.19. The standard InChI is InChI=1S/C25H26F2N6O/c26-20-8-7-16(10-21(20)27)12-29-25-30-13-22-24(32-25)33(14-17-4-3-9-28-11-17)23(31-22)19-6-2-1-5-18(19)15-34/h1-2,5-8,10,13,17,28,34H,3-4,9,11-12,14-15H2,(H,29,30,32)/t17-/m1/s1. The fourth-order valence-corrected chi connectivity index (χ4v) is 4.43. The molecule has 5 rings (SSSR count). The second-order valence-electron chi connectivity index (χ2n) is 8.58. The highest BCUT2D eigenvalue weighted by molar-refractivity contribution is 5.78. The zero-order valence-corrected chi connectivity index (χ0v) is 18.6. The first-order chi connectivity index (χ1) is 16.6. The number of aromatic nitrogens is 4. The van der Waals surface area contributed by atoms with Crippen LogP contribution in [-0.2, 0) is 19.7 Å². The van der Waals surface area contributed by atoms with Crippen molar-refractivity contribution in [2.24, 2.45) is 5.92 Å². The van der Waals surface area contributed by atoms with Crippen LogP contribution in [0.3, 0.4) is 0 Å². The second kappa shape index (κ2) is 9.82. The molecule has 1 fully saturated rings. The van der Waals surface area contributed by atoms with Gasteiger partial charge in [0.2, 0.25) is 5.95 Å². The number of piperidine rings is 1. The summed E-state index contributed by atoms with van der Waals surface area (Å²) in [6.07, 6.45) is 3.90. The van der Waals surface area contributed by atoms with Gasteiger partial charge in [-0.3, -0.25) is 0 Å². The minimum atomic E-state index is -0.887. The van der Waals surface area contributed by atoms with Crippen LogP contribution in [0.1, 0.15) is 24.0 Å². The Morgan fingerprint density at radius 1 is 1.12 bits per heavy atom. The number of imidazole rings is 1. The number of aliphatic hydroxyl groups is 1. The van der Waals surface area contributed by atoms with Gasteiger partial charge in [0.25, 0.3) is 0 Å². The van der Waals surface area contributed by atoms with Crippen molar-refractivity contribution < 1.29 is 13.9 Å². The Morgan fingerprint density at radius 3 is 2.79 bits per heavy atom. The van der Waals surface area contributed by atoms with Gasteiger partial charge in [0.1, 0.15) is 11.3 Å². The van der Waals surface area contributed by atoms with Crippen LogP contribution in [-0.4, -0.2) is 37.7 Å². The molecule has 0 amide bonds. The van der Waals surface area contributed by atoms with E-state index in [0.29, 0.717) is 28.6 Å². The molecule has 1 atom stereocenters. The largest absolute Gasteiger partial charge is 0.392 e. The summed E-state index contributed by atoms with van der Waals surface area (Å²) in [5.74, 6) is -0.209. The van der Waals surface area contributed by atoms with E-state index in [-0.39, 0.29) is 13.2 Å². The molecule has 0 spiro atoms. The highest BCUT2D eigenvalue weighted by atomic mass is 19.2. The number of hydrogen-bond acceptors (Lipinski definition) is 6. The summed E-state index contributed by atoms with van der Waals surface area (Å²) in [6, 6.07) is 11.5. The fraction of sp³-hybridized carbons (Fsp3) is 0.320. The Morgan fingerprint density at radius 2 is 2.00 bits per heavy atom. The predicted octanol–water partition coefficient (Wildman–Crippen LogP) is 3.88. The molecule has 3 heterocycles. The molecule has 0 unspecified atom stereocenters. The average molecular weight is 465 g/mol. The molecule has 2 aromatic carbocycles. The number of nitrogens with zero attached hydrogens (tertiary/aromatic N) is 4. The minimum Gasteiger partial charge on any atom is -0.392 e. The lowest BCUT2D eigenvalue weighted by Gasteiger charge is -2.24. The minimum absolute atomic E-state index is 0.0862. The molecule has 176 valence electrons. The number of benzene rings is 2. The molecular weight excluding hydrogens is 438 g/mol. The van der Waals surface area contributed by atoms with Gasteiger partial charge in [0, 0.05) is 18.7 Å². The third-order valence-corrected chi connectivity index (χ3v) is 6.19. The van der Waals surface area contributed by atoms with E-state index in [4.69, 9.17) is 9.97 Å². The van der Waals surface area contributed by atoms with E-state index < -0.39 is 11.6 Å². The Kier molecular flexibility index (Phi) is 6.46. The van der Waals surface area contributed by atoms with Crippen molar-refractivity contribution in [3.8, 4) is 11.4 Å². The van der Waals surface area contributed by atoms with E-state index in [1.807, 2.05) is 24.3 Å². The van der Waals surface area contributed by atoms with Gasteiger partial charge < -0.3 is 20.3 Å². The van der Waals surface area contributed by atoms with Crippen LogP contribution in [0.4, 0.5) is 14.7 Å². The zero-order valence-electron chi connectivity index (χ0n) is 18.6. The maximum atomic E-state index is 13.5. The van der Waals surface area contributed by atoms with Gasteiger partial charge in [-0.15, -0.1) is 0 Å². The van der Waals surface area contributed by atoms with E-state index in [2.05, 4.69) is 20.2 Å². The van der Waals surface area contributed by atoms with Gasteiger partial charge in [-0.2, -0.15) is 4.98 Å².